The Morgan fingerprint density at radius 3 is 2.06 bits per heavy atom. The Bertz CT molecular complexity index is 216. The van der Waals surface area contributed by atoms with Gasteiger partial charge in [-0.05, 0) is 33.6 Å². The van der Waals surface area contributed by atoms with Crippen LogP contribution in [0.1, 0.15) is 33.6 Å². The molecule has 0 unspecified atom stereocenters. The number of likely N-dealkylation sites (tertiary alicyclic amines) is 1. The highest BCUT2D eigenvalue weighted by atomic mass is 16.5. The maximum Gasteiger partial charge on any atom is 0.0594 e. The van der Waals surface area contributed by atoms with Crippen molar-refractivity contribution in [3.8, 4) is 0 Å². The molecule has 0 radical (unpaired) electrons. The number of hydrogen-bond acceptors (Lipinski definition) is 3. The van der Waals surface area contributed by atoms with Crippen molar-refractivity contribution >= 4 is 0 Å². The van der Waals surface area contributed by atoms with E-state index >= 15 is 0 Å². The van der Waals surface area contributed by atoms with Crippen LogP contribution in [0.25, 0.3) is 0 Å². The lowest BCUT2D eigenvalue weighted by Crippen LogP contribution is -2.57. The Morgan fingerprint density at radius 1 is 1.00 bits per heavy atom. The van der Waals surface area contributed by atoms with E-state index in [1.54, 1.807) is 0 Å². The zero-order valence-corrected chi connectivity index (χ0v) is 11.0. The number of piperidine rings is 1. The Balaban J connectivity index is 1.89. The van der Waals surface area contributed by atoms with E-state index in [2.05, 4.69) is 30.6 Å². The van der Waals surface area contributed by atoms with Gasteiger partial charge in [0.05, 0.1) is 13.2 Å². The molecule has 2 rings (SSSR count). The molecule has 2 fully saturated rings. The quantitative estimate of drug-likeness (QED) is 0.711. The Kier molecular flexibility index (Phi) is 3.88. The van der Waals surface area contributed by atoms with Crippen molar-refractivity contribution in [2.45, 2.75) is 45.2 Å². The highest BCUT2D eigenvalue weighted by molar-refractivity contribution is 4.93. The van der Waals surface area contributed by atoms with Gasteiger partial charge in [0.15, 0.2) is 0 Å². The van der Waals surface area contributed by atoms with E-state index < -0.39 is 0 Å². The van der Waals surface area contributed by atoms with Crippen LogP contribution >= 0.6 is 0 Å². The van der Waals surface area contributed by atoms with Crippen LogP contribution in [0.15, 0.2) is 0 Å². The Labute approximate surface area is 99.7 Å². The van der Waals surface area contributed by atoms with Gasteiger partial charge < -0.3 is 9.64 Å². The first-order valence-electron chi connectivity index (χ1n) is 6.69. The fraction of sp³-hybridized carbons (Fsp3) is 1.00. The largest absolute Gasteiger partial charge is 0.379 e. The molecule has 0 bridgehead atoms. The van der Waals surface area contributed by atoms with Crippen molar-refractivity contribution in [1.82, 2.24) is 9.80 Å². The number of nitrogens with zero attached hydrogens (tertiary/aromatic N) is 2. The van der Waals surface area contributed by atoms with Gasteiger partial charge in [-0.3, -0.25) is 4.90 Å². The molecule has 0 aromatic carbocycles. The first-order valence-corrected chi connectivity index (χ1v) is 6.69. The topological polar surface area (TPSA) is 15.7 Å². The van der Waals surface area contributed by atoms with E-state index in [1.807, 2.05) is 0 Å². The van der Waals surface area contributed by atoms with Gasteiger partial charge in [-0.15, -0.1) is 0 Å². The van der Waals surface area contributed by atoms with Crippen LogP contribution in [0.3, 0.4) is 0 Å². The Morgan fingerprint density at radius 2 is 1.56 bits per heavy atom. The lowest BCUT2D eigenvalue weighted by Gasteiger charge is -2.48. The van der Waals surface area contributed by atoms with E-state index in [1.165, 1.54) is 25.9 Å². The van der Waals surface area contributed by atoms with Crippen LogP contribution in [-0.2, 0) is 4.74 Å². The SMILES string of the molecule is CC(C)N1CCC(C)(N2CCOCC2)CC1. The zero-order chi connectivity index (χ0) is 11.6. The number of hydrogen-bond donors (Lipinski definition) is 0. The van der Waals surface area contributed by atoms with Crippen molar-refractivity contribution < 1.29 is 4.74 Å². The maximum atomic E-state index is 5.44. The standard InChI is InChI=1S/C13H26N2O/c1-12(2)14-6-4-13(3,5-7-14)15-8-10-16-11-9-15/h12H,4-11H2,1-3H3. The predicted molar refractivity (Wildman–Crippen MR) is 66.7 cm³/mol. The molecule has 2 aliphatic heterocycles. The minimum atomic E-state index is 0.426. The monoisotopic (exact) mass is 226 g/mol. The van der Waals surface area contributed by atoms with Gasteiger partial charge in [0.2, 0.25) is 0 Å². The van der Waals surface area contributed by atoms with Crippen molar-refractivity contribution in [2.75, 3.05) is 39.4 Å². The zero-order valence-electron chi connectivity index (χ0n) is 11.0. The van der Waals surface area contributed by atoms with Crippen LogP contribution in [0.4, 0.5) is 0 Å². The molecule has 0 spiro atoms. The molecule has 0 amide bonds. The van der Waals surface area contributed by atoms with Crippen molar-refractivity contribution in [3.63, 3.8) is 0 Å². The van der Waals surface area contributed by atoms with Crippen LogP contribution in [0, 0.1) is 0 Å². The summed E-state index contributed by atoms with van der Waals surface area (Å²) in [4.78, 5) is 5.25. The molecule has 94 valence electrons. The first kappa shape index (κ1) is 12.3. The van der Waals surface area contributed by atoms with Gasteiger partial charge in [0.25, 0.3) is 0 Å². The van der Waals surface area contributed by atoms with Crippen LogP contribution in [-0.4, -0.2) is 60.8 Å². The van der Waals surface area contributed by atoms with Crippen molar-refractivity contribution in [2.24, 2.45) is 0 Å². The van der Waals surface area contributed by atoms with Gasteiger partial charge in [-0.2, -0.15) is 0 Å². The predicted octanol–water partition coefficient (Wildman–Crippen LogP) is 1.58. The molecule has 2 aliphatic rings. The average Bonchev–Trinajstić information content (AvgIpc) is 2.31. The third-order valence-corrected chi connectivity index (χ3v) is 4.38. The Hall–Kier alpha value is -0.120. The summed E-state index contributed by atoms with van der Waals surface area (Å²) in [5.74, 6) is 0. The molecule has 3 nitrogen and oxygen atoms in total. The molecule has 2 heterocycles. The van der Waals surface area contributed by atoms with Crippen LogP contribution in [0.5, 0.6) is 0 Å². The van der Waals surface area contributed by atoms with Gasteiger partial charge in [-0.1, -0.05) is 0 Å². The van der Waals surface area contributed by atoms with Gasteiger partial charge in [-0.25, -0.2) is 0 Å². The molecule has 0 saturated carbocycles. The molecule has 3 heteroatoms. The van der Waals surface area contributed by atoms with Crippen molar-refractivity contribution in [3.05, 3.63) is 0 Å². The van der Waals surface area contributed by atoms with Crippen LogP contribution < -0.4 is 0 Å². The molecule has 0 aromatic heterocycles. The van der Waals surface area contributed by atoms with Crippen LogP contribution in [0.2, 0.25) is 0 Å². The second-order valence-electron chi connectivity index (χ2n) is 5.73. The van der Waals surface area contributed by atoms with E-state index in [4.69, 9.17) is 4.74 Å². The van der Waals surface area contributed by atoms with E-state index in [9.17, 15) is 0 Å². The smallest absolute Gasteiger partial charge is 0.0594 e. The second kappa shape index (κ2) is 5.03. The lowest BCUT2D eigenvalue weighted by atomic mass is 9.87. The first-order chi connectivity index (χ1) is 7.62. The second-order valence-corrected chi connectivity index (χ2v) is 5.73. The molecule has 16 heavy (non-hydrogen) atoms. The fourth-order valence-corrected chi connectivity index (χ4v) is 2.94. The summed E-state index contributed by atoms with van der Waals surface area (Å²) in [6.07, 6.45) is 2.62. The van der Waals surface area contributed by atoms with Crippen molar-refractivity contribution in [1.29, 1.82) is 0 Å². The van der Waals surface area contributed by atoms with E-state index in [0.29, 0.717) is 11.6 Å². The third-order valence-electron chi connectivity index (χ3n) is 4.38. The summed E-state index contributed by atoms with van der Waals surface area (Å²) < 4.78 is 5.44. The summed E-state index contributed by atoms with van der Waals surface area (Å²) in [6, 6.07) is 0.703. The minimum absolute atomic E-state index is 0.426. The lowest BCUT2D eigenvalue weighted by molar-refractivity contribution is -0.0427. The summed E-state index contributed by atoms with van der Waals surface area (Å²) >= 11 is 0. The number of ether oxygens (including phenoxy) is 1. The summed E-state index contributed by atoms with van der Waals surface area (Å²) in [5.41, 5.74) is 0.426. The summed E-state index contributed by atoms with van der Waals surface area (Å²) in [7, 11) is 0. The highest BCUT2D eigenvalue weighted by Crippen LogP contribution is 2.29. The minimum Gasteiger partial charge on any atom is -0.379 e. The molecule has 0 atom stereocenters. The number of morpholine rings is 1. The fourth-order valence-electron chi connectivity index (χ4n) is 2.94. The maximum absolute atomic E-state index is 5.44. The van der Waals surface area contributed by atoms with Gasteiger partial charge in [0.1, 0.15) is 0 Å². The van der Waals surface area contributed by atoms with E-state index in [-0.39, 0.29) is 0 Å². The molecule has 2 saturated heterocycles. The summed E-state index contributed by atoms with van der Waals surface area (Å²) in [5, 5.41) is 0. The van der Waals surface area contributed by atoms with Gasteiger partial charge in [0, 0.05) is 37.8 Å². The highest BCUT2D eigenvalue weighted by Gasteiger charge is 2.36. The van der Waals surface area contributed by atoms with E-state index in [0.717, 1.165) is 26.3 Å². The normalized spacial score (nSPS) is 28.5. The molecular formula is C13H26N2O. The number of rotatable bonds is 2. The third kappa shape index (κ3) is 2.58. The molecule has 0 aromatic rings. The molecular weight excluding hydrogens is 200 g/mol. The summed E-state index contributed by atoms with van der Waals surface area (Å²) in [6.45, 7) is 13.6. The van der Waals surface area contributed by atoms with Gasteiger partial charge >= 0.3 is 0 Å². The molecule has 0 aliphatic carbocycles. The molecule has 0 N–H and O–H groups in total. The average molecular weight is 226 g/mol.